The van der Waals surface area contributed by atoms with Crippen LogP contribution in [0.15, 0.2) is 66.9 Å². The molecule has 5 heteroatoms. The molecule has 5 nitrogen and oxygen atoms in total. The second-order valence-electron chi connectivity index (χ2n) is 7.54. The third kappa shape index (κ3) is 3.35. The predicted octanol–water partition coefficient (Wildman–Crippen LogP) is 4.93. The summed E-state index contributed by atoms with van der Waals surface area (Å²) in [7, 11) is 0. The van der Waals surface area contributed by atoms with Crippen molar-refractivity contribution >= 4 is 28.6 Å². The lowest BCUT2D eigenvalue weighted by Gasteiger charge is -2.07. The molecule has 0 radical (unpaired) electrons. The zero-order chi connectivity index (χ0) is 21.4. The standard InChI is InChI=1S/C25H23N3O2/c1-15-7-11-19(12-8-15)27-25(30)21-20-6-4-5-13-28(20)23(22(21)26)24(29)18-10-9-16(2)17(3)14-18/h4-14H,26H2,1-3H3,(H,27,30). The molecule has 0 aliphatic heterocycles. The van der Waals surface area contributed by atoms with Gasteiger partial charge in [-0.05, 0) is 62.2 Å². The van der Waals surface area contributed by atoms with Crippen LogP contribution < -0.4 is 11.1 Å². The molecule has 2 aromatic heterocycles. The van der Waals surface area contributed by atoms with Gasteiger partial charge in [-0.25, -0.2) is 0 Å². The first kappa shape index (κ1) is 19.5. The SMILES string of the molecule is Cc1ccc(NC(=O)c2c(N)c(C(=O)c3ccc(C)c(C)c3)n3ccccc23)cc1. The molecule has 2 aromatic carbocycles. The first-order valence-corrected chi connectivity index (χ1v) is 9.75. The molecular weight excluding hydrogens is 374 g/mol. The van der Waals surface area contributed by atoms with Crippen LogP contribution in [-0.2, 0) is 0 Å². The maximum atomic E-state index is 13.3. The highest BCUT2D eigenvalue weighted by molar-refractivity contribution is 6.20. The lowest BCUT2D eigenvalue weighted by molar-refractivity contribution is 0.102. The minimum atomic E-state index is -0.348. The molecule has 1 amide bonds. The zero-order valence-corrected chi connectivity index (χ0v) is 17.2. The Morgan fingerprint density at radius 3 is 2.33 bits per heavy atom. The van der Waals surface area contributed by atoms with E-state index in [9.17, 15) is 9.59 Å². The number of ketones is 1. The summed E-state index contributed by atoms with van der Waals surface area (Å²) in [5.41, 5.74) is 12.2. The van der Waals surface area contributed by atoms with Crippen molar-refractivity contribution in [3.8, 4) is 0 Å². The minimum Gasteiger partial charge on any atom is -0.396 e. The van der Waals surface area contributed by atoms with Crippen LogP contribution in [0.3, 0.4) is 0 Å². The third-order valence-electron chi connectivity index (χ3n) is 5.40. The lowest BCUT2D eigenvalue weighted by Crippen LogP contribution is -2.14. The van der Waals surface area contributed by atoms with Gasteiger partial charge in [0.25, 0.3) is 5.91 Å². The van der Waals surface area contributed by atoms with Crippen LogP contribution in [0.4, 0.5) is 11.4 Å². The molecule has 0 spiro atoms. The Balaban J connectivity index is 1.81. The lowest BCUT2D eigenvalue weighted by atomic mass is 10.0. The number of nitrogens with two attached hydrogens (primary N) is 1. The molecule has 3 N–H and O–H groups in total. The summed E-state index contributed by atoms with van der Waals surface area (Å²) in [5.74, 6) is -0.564. The number of carbonyl (C=O) groups excluding carboxylic acids is 2. The molecule has 150 valence electrons. The van der Waals surface area contributed by atoms with Crippen molar-refractivity contribution in [1.29, 1.82) is 0 Å². The molecule has 0 fully saturated rings. The van der Waals surface area contributed by atoms with E-state index in [0.29, 0.717) is 28.0 Å². The van der Waals surface area contributed by atoms with E-state index in [-0.39, 0.29) is 17.4 Å². The molecular formula is C25H23N3O2. The fraction of sp³-hybridized carbons (Fsp3) is 0.120. The monoisotopic (exact) mass is 397 g/mol. The maximum absolute atomic E-state index is 13.3. The van der Waals surface area contributed by atoms with Crippen molar-refractivity contribution in [3.63, 3.8) is 0 Å². The predicted molar refractivity (Wildman–Crippen MR) is 120 cm³/mol. The van der Waals surface area contributed by atoms with E-state index in [2.05, 4.69) is 5.32 Å². The normalized spacial score (nSPS) is 10.9. The van der Waals surface area contributed by atoms with Gasteiger partial charge in [-0.3, -0.25) is 9.59 Å². The molecule has 0 aliphatic rings. The van der Waals surface area contributed by atoms with Gasteiger partial charge in [0.2, 0.25) is 5.78 Å². The average molecular weight is 397 g/mol. The number of carbonyl (C=O) groups is 2. The van der Waals surface area contributed by atoms with Gasteiger partial charge < -0.3 is 15.5 Å². The molecule has 0 aliphatic carbocycles. The number of amides is 1. The van der Waals surface area contributed by atoms with Crippen LogP contribution in [0.2, 0.25) is 0 Å². The zero-order valence-electron chi connectivity index (χ0n) is 17.2. The Morgan fingerprint density at radius 1 is 0.900 bits per heavy atom. The highest BCUT2D eigenvalue weighted by Crippen LogP contribution is 2.29. The molecule has 0 saturated carbocycles. The summed E-state index contributed by atoms with van der Waals surface area (Å²) >= 11 is 0. The summed E-state index contributed by atoms with van der Waals surface area (Å²) in [4.78, 5) is 26.4. The number of nitrogens with one attached hydrogen (secondary N) is 1. The quantitative estimate of drug-likeness (QED) is 0.479. The Bertz CT molecular complexity index is 1280. The topological polar surface area (TPSA) is 76.6 Å². The molecule has 0 unspecified atom stereocenters. The number of hydrogen-bond donors (Lipinski definition) is 2. The van der Waals surface area contributed by atoms with Gasteiger partial charge in [0.05, 0.1) is 16.8 Å². The third-order valence-corrected chi connectivity index (χ3v) is 5.40. The number of benzene rings is 2. The number of nitrogen functional groups attached to an aromatic ring is 1. The largest absolute Gasteiger partial charge is 0.396 e. The number of fused-ring (bicyclic) bond motifs is 1. The van der Waals surface area contributed by atoms with Crippen molar-refractivity contribution < 1.29 is 9.59 Å². The molecule has 4 rings (SSSR count). The van der Waals surface area contributed by atoms with E-state index >= 15 is 0 Å². The smallest absolute Gasteiger partial charge is 0.259 e. The van der Waals surface area contributed by atoms with E-state index in [1.54, 1.807) is 22.7 Å². The Morgan fingerprint density at radius 2 is 1.63 bits per heavy atom. The summed E-state index contributed by atoms with van der Waals surface area (Å²) in [6.07, 6.45) is 1.75. The van der Waals surface area contributed by atoms with E-state index in [4.69, 9.17) is 5.73 Å². The second kappa shape index (κ2) is 7.52. The number of pyridine rings is 1. The van der Waals surface area contributed by atoms with Crippen LogP contribution in [0.5, 0.6) is 0 Å². The van der Waals surface area contributed by atoms with Gasteiger partial charge >= 0.3 is 0 Å². The first-order chi connectivity index (χ1) is 14.4. The highest BCUT2D eigenvalue weighted by atomic mass is 16.2. The molecule has 0 atom stereocenters. The summed E-state index contributed by atoms with van der Waals surface area (Å²) in [6.45, 7) is 5.94. The van der Waals surface area contributed by atoms with Crippen molar-refractivity contribution in [2.45, 2.75) is 20.8 Å². The number of rotatable bonds is 4. The van der Waals surface area contributed by atoms with Crippen LogP contribution in [-0.4, -0.2) is 16.1 Å². The van der Waals surface area contributed by atoms with E-state index in [1.165, 1.54) is 0 Å². The van der Waals surface area contributed by atoms with E-state index in [1.807, 2.05) is 69.3 Å². The maximum Gasteiger partial charge on any atom is 0.259 e. The van der Waals surface area contributed by atoms with Crippen molar-refractivity contribution in [1.82, 2.24) is 4.40 Å². The van der Waals surface area contributed by atoms with Gasteiger partial charge in [-0.2, -0.15) is 0 Å². The van der Waals surface area contributed by atoms with Gasteiger partial charge in [0, 0.05) is 17.4 Å². The average Bonchev–Trinajstić information content (AvgIpc) is 3.03. The Hall–Kier alpha value is -3.86. The van der Waals surface area contributed by atoms with Gasteiger partial charge in [0.1, 0.15) is 5.69 Å². The van der Waals surface area contributed by atoms with Gasteiger partial charge in [0.15, 0.2) is 0 Å². The van der Waals surface area contributed by atoms with Crippen LogP contribution >= 0.6 is 0 Å². The number of anilines is 2. The van der Waals surface area contributed by atoms with Gasteiger partial charge in [-0.1, -0.05) is 35.9 Å². The van der Waals surface area contributed by atoms with Crippen LogP contribution in [0.25, 0.3) is 5.52 Å². The van der Waals surface area contributed by atoms with E-state index < -0.39 is 0 Å². The number of hydrogen-bond acceptors (Lipinski definition) is 3. The summed E-state index contributed by atoms with van der Waals surface area (Å²) in [5, 5.41) is 2.88. The molecule has 2 heterocycles. The summed E-state index contributed by atoms with van der Waals surface area (Å²) < 4.78 is 1.69. The first-order valence-electron chi connectivity index (χ1n) is 9.75. The van der Waals surface area contributed by atoms with Crippen molar-refractivity contribution in [2.24, 2.45) is 0 Å². The Labute approximate surface area is 175 Å². The van der Waals surface area contributed by atoms with E-state index in [0.717, 1.165) is 16.7 Å². The molecule has 0 saturated heterocycles. The number of nitrogens with zero attached hydrogens (tertiary/aromatic N) is 1. The van der Waals surface area contributed by atoms with Gasteiger partial charge in [-0.15, -0.1) is 0 Å². The second-order valence-corrected chi connectivity index (χ2v) is 7.54. The highest BCUT2D eigenvalue weighted by Gasteiger charge is 2.26. The fourth-order valence-electron chi connectivity index (χ4n) is 3.55. The van der Waals surface area contributed by atoms with Crippen molar-refractivity contribution in [3.05, 3.63) is 100 Å². The molecule has 4 aromatic rings. The van der Waals surface area contributed by atoms with Crippen LogP contribution in [0, 0.1) is 20.8 Å². The fourth-order valence-corrected chi connectivity index (χ4v) is 3.55. The summed E-state index contributed by atoms with van der Waals surface area (Å²) in [6, 6.07) is 18.5. The van der Waals surface area contributed by atoms with Crippen LogP contribution in [0.1, 0.15) is 43.1 Å². The number of aryl methyl sites for hydroxylation is 3. The number of aromatic nitrogens is 1. The van der Waals surface area contributed by atoms with Crippen molar-refractivity contribution in [2.75, 3.05) is 11.1 Å². The molecule has 30 heavy (non-hydrogen) atoms. The Kier molecular flexibility index (Phi) is 4.88. The molecule has 0 bridgehead atoms. The minimum absolute atomic E-state index is 0.175.